The Balaban J connectivity index is 2.63. The number of aliphatic hydroxyl groups is 1. The van der Waals surface area contributed by atoms with Crippen LogP contribution in [-0.4, -0.2) is 112 Å². The fraction of sp³-hybridized carbons (Fsp3) is 0.830. The average Bonchev–Trinajstić information content (AvgIpc) is 3.30. The lowest BCUT2D eigenvalue weighted by molar-refractivity contribution is -0.150. The third-order valence-electron chi connectivity index (χ3n) is 11.9. The first-order chi connectivity index (χ1) is 32.7. The van der Waals surface area contributed by atoms with Crippen molar-refractivity contribution in [2.45, 2.75) is 207 Å². The molecule has 0 amide bonds. The maximum atomic E-state index is 12.8. The Hall–Kier alpha value is -3.65. The zero-order chi connectivity index (χ0) is 48.8. The van der Waals surface area contributed by atoms with Crippen LogP contribution in [0.2, 0.25) is 0 Å². The van der Waals surface area contributed by atoms with Gasteiger partial charge in [0.25, 0.3) is 0 Å². The smallest absolute Gasteiger partial charge is 0.465 e. The van der Waals surface area contributed by atoms with Crippen molar-refractivity contribution in [1.82, 2.24) is 4.90 Å². The van der Waals surface area contributed by atoms with E-state index in [2.05, 4.69) is 50.0 Å². The van der Waals surface area contributed by atoms with E-state index in [4.69, 9.17) is 33.2 Å². The second-order valence-corrected chi connectivity index (χ2v) is 18.0. The molecule has 0 spiro atoms. The topological polar surface area (TPSA) is 173 Å². The third-order valence-corrected chi connectivity index (χ3v) is 11.9. The lowest BCUT2D eigenvalue weighted by atomic mass is 9.91. The number of carbonyl (C=O) groups excluding carboxylic acids is 5. The number of nitrogens with zero attached hydrogens (tertiary/aromatic N) is 1. The first-order valence-electron chi connectivity index (χ1n) is 26.4. The Morgan fingerprint density at radius 3 is 1.39 bits per heavy atom. The Kier molecular flexibility index (Phi) is 41.1. The van der Waals surface area contributed by atoms with Crippen molar-refractivity contribution in [3.8, 4) is 0 Å². The number of aliphatic hydroxyl groups excluding tert-OH is 1. The van der Waals surface area contributed by atoms with Crippen LogP contribution in [0.3, 0.4) is 0 Å². The summed E-state index contributed by atoms with van der Waals surface area (Å²) in [6.07, 6.45) is 33.3. The van der Waals surface area contributed by atoms with Gasteiger partial charge in [0, 0.05) is 44.3 Å². The van der Waals surface area contributed by atoms with Gasteiger partial charge in [0.1, 0.15) is 26.4 Å². The van der Waals surface area contributed by atoms with Crippen molar-refractivity contribution in [3.05, 3.63) is 24.3 Å². The molecule has 0 bridgehead atoms. The van der Waals surface area contributed by atoms with Gasteiger partial charge in [-0.15, -0.1) is 0 Å². The minimum atomic E-state index is -0.976. The SMILES string of the molecule is CCCCC/C=C\C/C=C\CCCCCCCC(=O)OCC(COC(=O)OCCC(COC(=O)CCCCCCC)COC(=O)CCCCCCC)COC(=O)OCCN(CCO)C1CCC1. The van der Waals surface area contributed by atoms with E-state index in [9.17, 15) is 29.1 Å². The van der Waals surface area contributed by atoms with E-state index in [-0.39, 0.29) is 83.6 Å². The number of allylic oxidation sites excluding steroid dienone is 4. The van der Waals surface area contributed by atoms with E-state index < -0.39 is 24.1 Å². The first kappa shape index (κ1) is 61.4. The number of unbranched alkanes of at least 4 members (excludes halogenated alkanes) is 16. The van der Waals surface area contributed by atoms with Gasteiger partial charge in [-0.25, -0.2) is 9.59 Å². The minimum absolute atomic E-state index is 0.0173. The summed E-state index contributed by atoms with van der Waals surface area (Å²) in [5, 5.41) is 9.43. The Labute approximate surface area is 404 Å². The van der Waals surface area contributed by atoms with Crippen LogP contribution in [0.15, 0.2) is 24.3 Å². The molecule has 1 saturated carbocycles. The van der Waals surface area contributed by atoms with Crippen molar-refractivity contribution < 1.29 is 62.2 Å². The van der Waals surface area contributed by atoms with Gasteiger partial charge in [0.05, 0.1) is 32.3 Å². The maximum absolute atomic E-state index is 12.8. The molecule has 0 saturated heterocycles. The van der Waals surface area contributed by atoms with E-state index in [1.54, 1.807) is 0 Å². The summed E-state index contributed by atoms with van der Waals surface area (Å²) in [6, 6.07) is 0.373. The highest BCUT2D eigenvalue weighted by atomic mass is 16.7. The van der Waals surface area contributed by atoms with Gasteiger partial charge in [-0.3, -0.25) is 19.3 Å². The normalized spacial score (nSPS) is 13.2. The monoisotopic (exact) mass is 952 g/mol. The number of ether oxygens (including phenoxy) is 7. The number of carbonyl (C=O) groups is 5. The molecule has 67 heavy (non-hydrogen) atoms. The van der Waals surface area contributed by atoms with Crippen LogP contribution in [0.25, 0.3) is 0 Å². The lowest BCUT2D eigenvalue weighted by Crippen LogP contribution is -2.43. The predicted octanol–water partition coefficient (Wildman–Crippen LogP) is 11.9. The molecule has 1 rings (SSSR count). The highest BCUT2D eigenvalue weighted by Crippen LogP contribution is 2.24. The molecule has 1 unspecified atom stereocenters. The molecule has 0 aromatic rings. The maximum Gasteiger partial charge on any atom is 0.508 e. The molecule has 1 aliphatic rings. The van der Waals surface area contributed by atoms with Crippen LogP contribution >= 0.6 is 0 Å². The molecular weight excluding hydrogens is 859 g/mol. The Morgan fingerprint density at radius 2 is 0.910 bits per heavy atom. The van der Waals surface area contributed by atoms with Crippen molar-refractivity contribution in [2.75, 3.05) is 65.9 Å². The molecule has 14 nitrogen and oxygen atoms in total. The van der Waals surface area contributed by atoms with Crippen molar-refractivity contribution in [2.24, 2.45) is 11.8 Å². The fourth-order valence-electron chi connectivity index (χ4n) is 7.40. The van der Waals surface area contributed by atoms with Crippen LogP contribution < -0.4 is 0 Å². The second kappa shape index (κ2) is 44.8. The first-order valence-corrected chi connectivity index (χ1v) is 26.4. The van der Waals surface area contributed by atoms with E-state index in [0.29, 0.717) is 38.4 Å². The standard InChI is InChI=1S/C53H93NO13/c1-4-7-10-13-14-15-16-17-18-19-20-21-22-25-28-34-51(58)65-43-47(45-67-53(60)62-40-37-54(36-38-55)48-30-29-31-48)44-66-52(59)61-39-35-46(41-63-49(56)32-26-23-11-8-5-2)42-64-50(57)33-27-24-12-9-6-3/h14-15,17-18,46-48,55H,4-13,16,19-45H2,1-3H3/b15-14-,18-17-. The summed E-state index contributed by atoms with van der Waals surface area (Å²) in [4.78, 5) is 65.0. The molecule has 0 aliphatic heterocycles. The molecule has 388 valence electrons. The summed E-state index contributed by atoms with van der Waals surface area (Å²) in [5.41, 5.74) is 0. The van der Waals surface area contributed by atoms with Crippen LogP contribution in [0, 0.1) is 11.8 Å². The minimum Gasteiger partial charge on any atom is -0.465 e. The zero-order valence-corrected chi connectivity index (χ0v) is 42.2. The van der Waals surface area contributed by atoms with Gasteiger partial charge in [-0.2, -0.15) is 0 Å². The zero-order valence-electron chi connectivity index (χ0n) is 42.2. The summed E-state index contributed by atoms with van der Waals surface area (Å²) >= 11 is 0. The summed E-state index contributed by atoms with van der Waals surface area (Å²) in [6.45, 7) is 6.87. The van der Waals surface area contributed by atoms with Gasteiger partial charge in [-0.1, -0.05) is 135 Å². The molecule has 1 N–H and O–H groups in total. The van der Waals surface area contributed by atoms with E-state index >= 15 is 0 Å². The fourth-order valence-corrected chi connectivity index (χ4v) is 7.40. The quantitative estimate of drug-likeness (QED) is 0.0264. The molecular formula is C53H93NO13. The highest BCUT2D eigenvalue weighted by molar-refractivity contribution is 5.70. The average molecular weight is 952 g/mol. The molecule has 0 heterocycles. The van der Waals surface area contributed by atoms with Crippen LogP contribution in [0.5, 0.6) is 0 Å². The molecule has 0 radical (unpaired) electrons. The lowest BCUT2D eigenvalue weighted by Gasteiger charge is -2.36. The van der Waals surface area contributed by atoms with Gasteiger partial charge >= 0.3 is 30.2 Å². The van der Waals surface area contributed by atoms with E-state index in [1.807, 2.05) is 0 Å². The summed E-state index contributed by atoms with van der Waals surface area (Å²) in [5.74, 6) is -2.10. The van der Waals surface area contributed by atoms with Crippen LogP contribution in [0.4, 0.5) is 9.59 Å². The predicted molar refractivity (Wildman–Crippen MR) is 261 cm³/mol. The number of hydrogen-bond donors (Lipinski definition) is 1. The molecule has 0 aromatic heterocycles. The largest absolute Gasteiger partial charge is 0.508 e. The number of hydrogen-bond acceptors (Lipinski definition) is 14. The van der Waals surface area contributed by atoms with Gasteiger partial charge < -0.3 is 38.3 Å². The molecule has 0 aromatic carbocycles. The molecule has 14 heteroatoms. The molecule has 1 atom stereocenters. The third kappa shape index (κ3) is 38.0. The summed E-state index contributed by atoms with van der Waals surface area (Å²) in [7, 11) is 0. The van der Waals surface area contributed by atoms with Crippen LogP contribution in [-0.2, 0) is 47.5 Å². The Morgan fingerprint density at radius 1 is 0.493 bits per heavy atom. The highest BCUT2D eigenvalue weighted by Gasteiger charge is 2.25. The van der Waals surface area contributed by atoms with Crippen molar-refractivity contribution in [3.63, 3.8) is 0 Å². The number of esters is 3. The van der Waals surface area contributed by atoms with Gasteiger partial charge in [0.15, 0.2) is 0 Å². The number of rotatable bonds is 45. The van der Waals surface area contributed by atoms with Crippen molar-refractivity contribution in [1.29, 1.82) is 0 Å². The van der Waals surface area contributed by atoms with E-state index in [1.165, 1.54) is 19.3 Å². The molecule has 1 aliphatic carbocycles. The Bertz CT molecular complexity index is 1270. The second-order valence-electron chi connectivity index (χ2n) is 18.0. The summed E-state index contributed by atoms with van der Waals surface area (Å²) < 4.78 is 37.9. The van der Waals surface area contributed by atoms with Gasteiger partial charge in [-0.05, 0) is 70.6 Å². The van der Waals surface area contributed by atoms with E-state index in [0.717, 1.165) is 128 Å². The van der Waals surface area contributed by atoms with Gasteiger partial charge in [0.2, 0.25) is 0 Å². The van der Waals surface area contributed by atoms with Crippen molar-refractivity contribution >= 4 is 30.2 Å². The molecule has 1 fully saturated rings. The van der Waals surface area contributed by atoms with Crippen LogP contribution in [0.1, 0.15) is 201 Å².